The Balaban J connectivity index is 1.99. The van der Waals surface area contributed by atoms with Crippen LogP contribution in [0.15, 0.2) is 18.2 Å². The van der Waals surface area contributed by atoms with Crippen LogP contribution in [0, 0.1) is 5.92 Å². The first-order valence-electron chi connectivity index (χ1n) is 7.82. The van der Waals surface area contributed by atoms with Gasteiger partial charge in [0.05, 0.1) is 27.2 Å². The molecule has 0 spiro atoms. The third-order valence-electron chi connectivity index (χ3n) is 4.04. The van der Waals surface area contributed by atoms with Crippen molar-refractivity contribution in [2.45, 2.75) is 25.7 Å². The highest BCUT2D eigenvalue weighted by Crippen LogP contribution is 2.35. The van der Waals surface area contributed by atoms with E-state index in [-0.39, 0.29) is 18.5 Å². The normalized spacial score (nSPS) is 14.9. The molecule has 5 heteroatoms. The number of carbonyl (C=O) groups excluding carboxylic acids is 1. The molecule has 1 fully saturated rings. The average Bonchev–Trinajstić information content (AvgIpc) is 3.12. The lowest BCUT2D eigenvalue weighted by molar-refractivity contribution is -0.146. The van der Waals surface area contributed by atoms with Crippen molar-refractivity contribution >= 4 is 12.0 Å². The van der Waals surface area contributed by atoms with E-state index in [0.717, 1.165) is 31.2 Å². The summed E-state index contributed by atoms with van der Waals surface area (Å²) in [6, 6.07) is 3.59. The molecule has 1 aromatic carbocycles. The molecule has 126 valence electrons. The first-order chi connectivity index (χ1) is 11.2. The summed E-state index contributed by atoms with van der Waals surface area (Å²) in [4.78, 5) is 11.8. The number of carbonyl (C=O) groups is 1. The fraction of sp³-hybridized carbons (Fsp3) is 0.500. The van der Waals surface area contributed by atoms with E-state index >= 15 is 0 Å². The molecule has 0 bridgehead atoms. The summed E-state index contributed by atoms with van der Waals surface area (Å²) in [6.07, 6.45) is 7.80. The number of ether oxygens (including phenoxy) is 4. The molecule has 0 N–H and O–H groups in total. The van der Waals surface area contributed by atoms with Crippen LogP contribution in [0.2, 0.25) is 0 Å². The van der Waals surface area contributed by atoms with E-state index < -0.39 is 0 Å². The average molecular weight is 320 g/mol. The molecule has 1 aliphatic rings. The van der Waals surface area contributed by atoms with Gasteiger partial charge < -0.3 is 18.9 Å². The summed E-state index contributed by atoms with van der Waals surface area (Å²) >= 11 is 0. The van der Waals surface area contributed by atoms with Crippen molar-refractivity contribution in [1.29, 1.82) is 0 Å². The SMILES string of the molecule is COc1cc(OC)c(OC)cc1/C=C/COC(=O)C1CCCC1. The molecular weight excluding hydrogens is 296 g/mol. The van der Waals surface area contributed by atoms with Crippen molar-refractivity contribution in [3.63, 3.8) is 0 Å². The minimum absolute atomic E-state index is 0.0824. The Morgan fingerprint density at radius 2 is 1.65 bits per heavy atom. The third-order valence-corrected chi connectivity index (χ3v) is 4.04. The number of hydrogen-bond donors (Lipinski definition) is 0. The Hall–Kier alpha value is -2.17. The zero-order chi connectivity index (χ0) is 16.7. The Morgan fingerprint density at radius 3 is 2.26 bits per heavy atom. The van der Waals surface area contributed by atoms with Crippen molar-refractivity contribution in [2.24, 2.45) is 5.92 Å². The highest BCUT2D eigenvalue weighted by Gasteiger charge is 2.23. The van der Waals surface area contributed by atoms with Gasteiger partial charge in [0.1, 0.15) is 12.4 Å². The second kappa shape index (κ2) is 8.46. The lowest BCUT2D eigenvalue weighted by Crippen LogP contribution is -2.14. The van der Waals surface area contributed by atoms with Gasteiger partial charge in [-0.15, -0.1) is 0 Å². The number of esters is 1. The Bertz CT molecular complexity index is 559. The maximum atomic E-state index is 11.8. The third kappa shape index (κ3) is 4.41. The van der Waals surface area contributed by atoms with Gasteiger partial charge >= 0.3 is 5.97 Å². The second-order valence-corrected chi connectivity index (χ2v) is 5.46. The lowest BCUT2D eigenvalue weighted by Gasteiger charge is -2.12. The molecule has 5 nitrogen and oxygen atoms in total. The van der Waals surface area contributed by atoms with Crippen LogP contribution in [0.4, 0.5) is 0 Å². The van der Waals surface area contributed by atoms with Crippen LogP contribution in [0.3, 0.4) is 0 Å². The Morgan fingerprint density at radius 1 is 1.04 bits per heavy atom. The fourth-order valence-corrected chi connectivity index (χ4v) is 2.77. The highest BCUT2D eigenvalue weighted by atomic mass is 16.5. The van der Waals surface area contributed by atoms with E-state index in [1.54, 1.807) is 33.5 Å². The van der Waals surface area contributed by atoms with Crippen LogP contribution in [0.5, 0.6) is 17.2 Å². The molecule has 2 rings (SSSR count). The number of methoxy groups -OCH3 is 3. The molecule has 0 aromatic heterocycles. The molecule has 1 saturated carbocycles. The van der Waals surface area contributed by atoms with Crippen molar-refractivity contribution in [1.82, 2.24) is 0 Å². The first-order valence-corrected chi connectivity index (χ1v) is 7.82. The predicted octanol–water partition coefficient (Wildman–Crippen LogP) is 3.46. The van der Waals surface area contributed by atoms with E-state index in [4.69, 9.17) is 18.9 Å². The van der Waals surface area contributed by atoms with E-state index in [9.17, 15) is 4.79 Å². The van der Waals surface area contributed by atoms with Gasteiger partial charge in [0.25, 0.3) is 0 Å². The van der Waals surface area contributed by atoms with Gasteiger partial charge in [0, 0.05) is 11.6 Å². The van der Waals surface area contributed by atoms with Crippen molar-refractivity contribution < 1.29 is 23.7 Å². The lowest BCUT2D eigenvalue weighted by atomic mass is 10.1. The zero-order valence-electron chi connectivity index (χ0n) is 14.0. The topological polar surface area (TPSA) is 54.0 Å². The molecule has 0 amide bonds. The van der Waals surface area contributed by atoms with Crippen molar-refractivity contribution in [2.75, 3.05) is 27.9 Å². The fourth-order valence-electron chi connectivity index (χ4n) is 2.77. The molecular formula is C18H24O5. The van der Waals surface area contributed by atoms with E-state index in [1.165, 1.54) is 0 Å². The summed E-state index contributed by atoms with van der Waals surface area (Å²) in [5.41, 5.74) is 0.835. The molecule has 0 atom stereocenters. The minimum atomic E-state index is -0.0913. The second-order valence-electron chi connectivity index (χ2n) is 5.46. The summed E-state index contributed by atoms with van der Waals surface area (Å²) in [5, 5.41) is 0. The van der Waals surface area contributed by atoms with Crippen molar-refractivity contribution in [3.05, 3.63) is 23.8 Å². The largest absolute Gasteiger partial charge is 0.496 e. The van der Waals surface area contributed by atoms with E-state index in [1.807, 2.05) is 12.1 Å². The molecule has 23 heavy (non-hydrogen) atoms. The molecule has 0 radical (unpaired) electrons. The smallest absolute Gasteiger partial charge is 0.309 e. The van der Waals surface area contributed by atoms with Crippen LogP contribution in [-0.4, -0.2) is 33.9 Å². The minimum Gasteiger partial charge on any atom is -0.496 e. The Kier molecular flexibility index (Phi) is 6.32. The number of benzene rings is 1. The van der Waals surface area contributed by atoms with Crippen LogP contribution in [-0.2, 0) is 9.53 Å². The van der Waals surface area contributed by atoms with E-state index in [2.05, 4.69) is 0 Å². The van der Waals surface area contributed by atoms with Gasteiger partial charge in [-0.3, -0.25) is 4.79 Å². The molecule has 1 aliphatic carbocycles. The summed E-state index contributed by atoms with van der Waals surface area (Å²) in [7, 11) is 4.76. The molecule has 0 heterocycles. The van der Waals surface area contributed by atoms with Gasteiger partial charge in [-0.1, -0.05) is 18.9 Å². The number of hydrogen-bond acceptors (Lipinski definition) is 5. The van der Waals surface area contributed by atoms with Crippen LogP contribution < -0.4 is 14.2 Å². The van der Waals surface area contributed by atoms with E-state index in [0.29, 0.717) is 17.2 Å². The van der Waals surface area contributed by atoms with Crippen LogP contribution in [0.1, 0.15) is 31.2 Å². The zero-order valence-corrected chi connectivity index (χ0v) is 14.0. The maximum absolute atomic E-state index is 11.8. The van der Waals surface area contributed by atoms with Gasteiger partial charge in [0.15, 0.2) is 11.5 Å². The Labute approximate surface area is 137 Å². The quantitative estimate of drug-likeness (QED) is 0.720. The molecule has 0 saturated heterocycles. The van der Waals surface area contributed by atoms with Crippen molar-refractivity contribution in [3.8, 4) is 17.2 Å². The monoisotopic (exact) mass is 320 g/mol. The van der Waals surface area contributed by atoms with Gasteiger partial charge in [-0.05, 0) is 25.0 Å². The molecule has 0 unspecified atom stereocenters. The van der Waals surface area contributed by atoms with Gasteiger partial charge in [-0.2, -0.15) is 0 Å². The predicted molar refractivity (Wildman–Crippen MR) is 88.0 cm³/mol. The molecule has 0 aliphatic heterocycles. The summed E-state index contributed by atoms with van der Waals surface area (Å²) < 4.78 is 21.2. The number of rotatable bonds is 7. The van der Waals surface area contributed by atoms with Crippen LogP contribution >= 0.6 is 0 Å². The maximum Gasteiger partial charge on any atom is 0.309 e. The highest BCUT2D eigenvalue weighted by molar-refractivity contribution is 5.73. The first kappa shape index (κ1) is 17.2. The van der Waals surface area contributed by atoms with Gasteiger partial charge in [0.2, 0.25) is 0 Å². The summed E-state index contributed by atoms with van der Waals surface area (Å²) in [5.74, 6) is 1.89. The van der Waals surface area contributed by atoms with Crippen LogP contribution in [0.25, 0.3) is 6.08 Å². The van der Waals surface area contributed by atoms with Gasteiger partial charge in [-0.25, -0.2) is 0 Å². The summed E-state index contributed by atoms with van der Waals surface area (Å²) in [6.45, 7) is 0.257. The molecule has 1 aromatic rings. The standard InChI is InChI=1S/C18H24O5/c1-20-15-12-17(22-3)16(21-2)11-14(15)9-6-10-23-18(19)13-7-4-5-8-13/h6,9,11-13H,4-5,7-8,10H2,1-3H3/b9-6+.